The van der Waals surface area contributed by atoms with E-state index in [1.54, 1.807) is 54.1 Å². The lowest BCUT2D eigenvalue weighted by atomic mass is 10.1. The first-order valence-electron chi connectivity index (χ1n) is 12.7. The number of alkyl halides is 6. The van der Waals surface area contributed by atoms with Gasteiger partial charge in [-0.2, -0.15) is 26.3 Å². The van der Waals surface area contributed by atoms with Crippen molar-refractivity contribution in [2.45, 2.75) is 12.4 Å². The smallest absolute Gasteiger partial charge is 0.433 e. The van der Waals surface area contributed by atoms with Crippen LogP contribution in [0.5, 0.6) is 11.5 Å². The molecule has 3 aromatic heterocycles. The molecule has 0 atom stereocenters. The van der Waals surface area contributed by atoms with Crippen LogP contribution in [0.1, 0.15) is 11.3 Å². The largest absolute Gasteiger partial charge is 0.457 e. The summed E-state index contributed by atoms with van der Waals surface area (Å²) in [4.78, 5) is 15.2. The summed E-state index contributed by atoms with van der Waals surface area (Å²) >= 11 is 0. The summed E-state index contributed by atoms with van der Waals surface area (Å²) in [6.45, 7) is 0. The van der Waals surface area contributed by atoms with Gasteiger partial charge in [0.05, 0.1) is 16.6 Å². The fourth-order valence-corrected chi connectivity index (χ4v) is 4.50. The highest BCUT2D eigenvalue weighted by Crippen LogP contribution is 2.38. The van der Waals surface area contributed by atoms with Crippen molar-refractivity contribution in [3.63, 3.8) is 0 Å². The van der Waals surface area contributed by atoms with Gasteiger partial charge in [0.25, 0.3) is 0 Å². The number of fused-ring (bicyclic) bond motifs is 1. The minimum atomic E-state index is -4.67. The van der Waals surface area contributed by atoms with E-state index in [0.29, 0.717) is 28.3 Å². The molecule has 0 saturated heterocycles. The number of aromatic nitrogens is 5. The Labute approximate surface area is 239 Å². The van der Waals surface area contributed by atoms with E-state index < -0.39 is 23.6 Å². The molecule has 3 heterocycles. The van der Waals surface area contributed by atoms with E-state index in [0.717, 1.165) is 12.1 Å². The number of rotatable bonds is 6. The third-order valence-corrected chi connectivity index (χ3v) is 6.54. The minimum Gasteiger partial charge on any atom is -0.457 e. The lowest BCUT2D eigenvalue weighted by molar-refractivity contribution is -0.140. The molecule has 0 radical (unpaired) electrons. The Morgan fingerprint density at radius 3 is 2.30 bits per heavy atom. The first-order valence-corrected chi connectivity index (χ1v) is 12.7. The van der Waals surface area contributed by atoms with Crippen LogP contribution in [0.2, 0.25) is 0 Å². The Morgan fingerprint density at radius 2 is 1.56 bits per heavy atom. The lowest BCUT2D eigenvalue weighted by Gasteiger charge is -2.10. The number of imidazole rings is 2. The Hall–Kier alpha value is -5.33. The van der Waals surface area contributed by atoms with Crippen molar-refractivity contribution in [2.75, 3.05) is 5.32 Å². The molecule has 6 aromatic rings. The molecule has 43 heavy (non-hydrogen) atoms. The number of aromatic amines is 1. The van der Waals surface area contributed by atoms with Crippen LogP contribution in [0.15, 0.2) is 91.1 Å². The molecule has 0 aliphatic carbocycles. The van der Waals surface area contributed by atoms with Gasteiger partial charge in [0.1, 0.15) is 28.6 Å². The molecule has 3 aromatic carbocycles. The normalized spacial score (nSPS) is 12.1. The summed E-state index contributed by atoms with van der Waals surface area (Å²) in [5, 5.41) is 2.91. The molecule has 2 N–H and O–H groups in total. The van der Waals surface area contributed by atoms with E-state index in [1.807, 2.05) is 0 Å². The summed E-state index contributed by atoms with van der Waals surface area (Å²) < 4.78 is 88.4. The monoisotopic (exact) mass is 594 g/mol. The van der Waals surface area contributed by atoms with Gasteiger partial charge in [0.2, 0.25) is 5.95 Å². The number of aryl methyl sites for hydroxylation is 1. The van der Waals surface area contributed by atoms with E-state index in [-0.39, 0.29) is 28.6 Å². The fraction of sp³-hybridized carbons (Fsp3) is 0.100. The summed E-state index contributed by atoms with van der Waals surface area (Å²) in [6.07, 6.45) is -7.76. The van der Waals surface area contributed by atoms with Crippen molar-refractivity contribution in [1.82, 2.24) is 24.5 Å². The molecule has 0 unspecified atom stereocenters. The Kier molecular flexibility index (Phi) is 6.79. The number of hydrogen-bond acceptors (Lipinski definition) is 5. The first-order chi connectivity index (χ1) is 20.5. The number of nitrogens with one attached hydrogen (secondary N) is 2. The molecule has 0 saturated carbocycles. The zero-order valence-corrected chi connectivity index (χ0v) is 22.1. The number of H-pyrrole nitrogens is 1. The van der Waals surface area contributed by atoms with Gasteiger partial charge in [0.15, 0.2) is 5.82 Å². The second-order valence-corrected chi connectivity index (χ2v) is 9.50. The van der Waals surface area contributed by atoms with E-state index in [4.69, 9.17) is 4.74 Å². The molecular formula is C30H20F6N6O. The molecule has 13 heteroatoms. The van der Waals surface area contributed by atoms with E-state index in [1.165, 1.54) is 36.5 Å². The predicted molar refractivity (Wildman–Crippen MR) is 148 cm³/mol. The van der Waals surface area contributed by atoms with E-state index in [9.17, 15) is 26.3 Å². The first kappa shape index (κ1) is 27.8. The molecule has 0 aliphatic heterocycles. The minimum absolute atomic E-state index is 0.0814. The van der Waals surface area contributed by atoms with E-state index >= 15 is 0 Å². The van der Waals surface area contributed by atoms with Gasteiger partial charge in [-0.3, -0.25) is 4.98 Å². The van der Waals surface area contributed by atoms with Crippen LogP contribution >= 0.6 is 0 Å². The van der Waals surface area contributed by atoms with Crippen molar-refractivity contribution in [1.29, 1.82) is 0 Å². The third-order valence-electron chi connectivity index (χ3n) is 6.54. The quantitative estimate of drug-likeness (QED) is 0.189. The Morgan fingerprint density at radius 1 is 0.791 bits per heavy atom. The van der Waals surface area contributed by atoms with Gasteiger partial charge in [0, 0.05) is 36.6 Å². The second kappa shape index (κ2) is 10.5. The molecule has 218 valence electrons. The number of benzene rings is 3. The van der Waals surface area contributed by atoms with Crippen molar-refractivity contribution < 1.29 is 31.1 Å². The molecule has 7 nitrogen and oxygen atoms in total. The molecular weight excluding hydrogens is 574 g/mol. The number of anilines is 2. The van der Waals surface area contributed by atoms with Crippen molar-refractivity contribution in [3.8, 4) is 34.3 Å². The zero-order chi connectivity index (χ0) is 30.4. The van der Waals surface area contributed by atoms with Crippen LogP contribution in [-0.2, 0) is 19.4 Å². The maximum absolute atomic E-state index is 13.8. The Bertz CT molecular complexity index is 1930. The third kappa shape index (κ3) is 5.73. The lowest BCUT2D eigenvalue weighted by Crippen LogP contribution is -2.07. The van der Waals surface area contributed by atoms with E-state index in [2.05, 4.69) is 25.3 Å². The average molecular weight is 595 g/mol. The van der Waals surface area contributed by atoms with Crippen molar-refractivity contribution in [2.24, 2.45) is 7.05 Å². The number of pyridine rings is 1. The highest BCUT2D eigenvalue weighted by Gasteiger charge is 2.37. The van der Waals surface area contributed by atoms with Gasteiger partial charge in [-0.05, 0) is 36.4 Å². The highest BCUT2D eigenvalue weighted by atomic mass is 19.4. The summed E-state index contributed by atoms with van der Waals surface area (Å²) in [7, 11) is 1.71. The maximum atomic E-state index is 13.8. The average Bonchev–Trinajstić information content (AvgIpc) is 3.56. The highest BCUT2D eigenvalue weighted by molar-refractivity contribution is 5.81. The van der Waals surface area contributed by atoms with Crippen LogP contribution < -0.4 is 10.1 Å². The van der Waals surface area contributed by atoms with Crippen LogP contribution in [0, 0.1) is 0 Å². The molecule has 0 aliphatic rings. The molecule has 0 fully saturated rings. The standard InChI is InChI=1S/C30H20F6N6O/c1-42-24-11-10-20(15-22(24)39-28(42)38-19-9-5-8-18(14-19)29(31,32)33)43-21-12-13-37-23(16-21)27-40-25(17-6-3-2-4-7-17)26(41-27)30(34,35)36/h2-16H,1H3,(H,38,39)(H,40,41). The van der Waals surface area contributed by atoms with Crippen molar-refractivity contribution in [3.05, 3.63) is 102 Å². The number of halogens is 6. The zero-order valence-electron chi connectivity index (χ0n) is 22.1. The number of hydrogen-bond donors (Lipinski definition) is 2. The fourth-order valence-electron chi connectivity index (χ4n) is 4.50. The summed E-state index contributed by atoms with van der Waals surface area (Å²) in [5.74, 6) is 0.884. The molecule has 0 amide bonds. The second-order valence-electron chi connectivity index (χ2n) is 9.50. The molecule has 6 rings (SSSR count). The molecule has 0 bridgehead atoms. The van der Waals surface area contributed by atoms with Crippen LogP contribution in [-0.4, -0.2) is 24.5 Å². The topological polar surface area (TPSA) is 80.7 Å². The number of ether oxygens (including phenoxy) is 1. The van der Waals surface area contributed by atoms with Crippen molar-refractivity contribution >= 4 is 22.7 Å². The van der Waals surface area contributed by atoms with Crippen LogP contribution in [0.4, 0.5) is 38.0 Å². The summed E-state index contributed by atoms with van der Waals surface area (Å²) in [6, 6.07) is 20.8. The SMILES string of the molecule is Cn1c(Nc2cccc(C(F)(F)F)c2)nc2cc(Oc3ccnc(-c4nc(-c5ccccc5)c(C(F)(F)F)[nH]4)c3)ccc21. The van der Waals surface area contributed by atoms with Crippen LogP contribution in [0.25, 0.3) is 33.8 Å². The predicted octanol–water partition coefficient (Wildman–Crippen LogP) is 8.60. The van der Waals surface area contributed by atoms with Gasteiger partial charge in [-0.25, -0.2) is 9.97 Å². The maximum Gasteiger partial charge on any atom is 0.433 e. The van der Waals surface area contributed by atoms with Crippen LogP contribution in [0.3, 0.4) is 0 Å². The summed E-state index contributed by atoms with van der Waals surface area (Å²) in [5.41, 5.74) is -0.187. The van der Waals surface area contributed by atoms with Gasteiger partial charge >= 0.3 is 12.4 Å². The van der Waals surface area contributed by atoms with Gasteiger partial charge in [-0.15, -0.1) is 0 Å². The van der Waals surface area contributed by atoms with Gasteiger partial charge in [-0.1, -0.05) is 36.4 Å². The van der Waals surface area contributed by atoms with Gasteiger partial charge < -0.3 is 19.6 Å². The number of nitrogens with zero attached hydrogens (tertiary/aromatic N) is 4. The molecule has 0 spiro atoms. The Balaban J connectivity index is 1.27.